The van der Waals surface area contributed by atoms with Crippen LogP contribution in [0, 0.1) is 11.8 Å². The summed E-state index contributed by atoms with van der Waals surface area (Å²) in [6.45, 7) is 3.49. The number of hydrogen-bond acceptors (Lipinski definition) is 1. The zero-order chi connectivity index (χ0) is 9.10. The van der Waals surface area contributed by atoms with E-state index in [9.17, 15) is 0 Å². The molecule has 0 saturated heterocycles. The topological polar surface area (TPSA) is 12.0 Å². The minimum Gasteiger partial charge on any atom is -0.314 e. The Morgan fingerprint density at radius 2 is 2.00 bits per heavy atom. The number of nitrogens with one attached hydrogen (secondary N) is 1. The van der Waals surface area contributed by atoms with Gasteiger partial charge in [0.05, 0.1) is 0 Å². The third-order valence-electron chi connectivity index (χ3n) is 3.43. The van der Waals surface area contributed by atoms with Crippen LogP contribution in [0.1, 0.15) is 51.9 Å². The molecule has 2 saturated carbocycles. The second-order valence-electron chi connectivity index (χ2n) is 4.92. The molecular formula is C12H23N. The highest BCUT2D eigenvalue weighted by molar-refractivity contribution is 4.87. The zero-order valence-electron chi connectivity index (χ0n) is 8.89. The summed E-state index contributed by atoms with van der Waals surface area (Å²) in [6, 6.07) is 0.876. The second-order valence-corrected chi connectivity index (χ2v) is 4.92. The van der Waals surface area contributed by atoms with Gasteiger partial charge in [-0.2, -0.15) is 0 Å². The monoisotopic (exact) mass is 181 g/mol. The largest absolute Gasteiger partial charge is 0.314 e. The number of rotatable bonds is 7. The van der Waals surface area contributed by atoms with Gasteiger partial charge in [0.15, 0.2) is 0 Å². The molecule has 2 aliphatic carbocycles. The molecule has 2 rings (SSSR count). The van der Waals surface area contributed by atoms with Crippen molar-refractivity contribution in [2.24, 2.45) is 11.8 Å². The lowest BCUT2D eigenvalue weighted by Gasteiger charge is -2.17. The van der Waals surface area contributed by atoms with Crippen molar-refractivity contribution in [3.8, 4) is 0 Å². The Kier molecular flexibility index (Phi) is 3.26. The molecule has 0 aliphatic heterocycles. The molecule has 1 heteroatoms. The van der Waals surface area contributed by atoms with Gasteiger partial charge in [-0.15, -0.1) is 0 Å². The minimum atomic E-state index is 0.876. The van der Waals surface area contributed by atoms with E-state index in [1.165, 1.54) is 51.5 Å². The normalized spacial score (nSPS) is 24.7. The van der Waals surface area contributed by atoms with Crippen molar-refractivity contribution < 1.29 is 0 Å². The first-order valence-corrected chi connectivity index (χ1v) is 6.13. The fourth-order valence-corrected chi connectivity index (χ4v) is 2.15. The fraction of sp³-hybridized carbons (Fsp3) is 1.00. The van der Waals surface area contributed by atoms with E-state index < -0.39 is 0 Å². The molecular weight excluding hydrogens is 158 g/mol. The predicted octanol–water partition coefficient (Wildman–Crippen LogP) is 2.95. The first-order valence-electron chi connectivity index (χ1n) is 6.13. The van der Waals surface area contributed by atoms with Crippen LogP contribution in [0.4, 0.5) is 0 Å². The number of hydrogen-bond donors (Lipinski definition) is 1. The van der Waals surface area contributed by atoms with Gasteiger partial charge in [0.2, 0.25) is 0 Å². The molecule has 0 amide bonds. The quantitative estimate of drug-likeness (QED) is 0.636. The summed E-state index contributed by atoms with van der Waals surface area (Å²) in [5.74, 6) is 2.16. The lowest BCUT2D eigenvalue weighted by Crippen LogP contribution is -2.31. The molecule has 0 aromatic carbocycles. The molecule has 0 bridgehead atoms. The first-order chi connectivity index (χ1) is 6.40. The van der Waals surface area contributed by atoms with E-state index >= 15 is 0 Å². The van der Waals surface area contributed by atoms with Crippen molar-refractivity contribution in [1.29, 1.82) is 0 Å². The molecule has 1 atom stereocenters. The third-order valence-corrected chi connectivity index (χ3v) is 3.43. The van der Waals surface area contributed by atoms with Crippen molar-refractivity contribution >= 4 is 0 Å². The van der Waals surface area contributed by atoms with Crippen LogP contribution < -0.4 is 5.32 Å². The molecule has 1 N–H and O–H groups in total. The van der Waals surface area contributed by atoms with Crippen LogP contribution in [0.2, 0.25) is 0 Å². The van der Waals surface area contributed by atoms with E-state index in [-0.39, 0.29) is 0 Å². The molecule has 0 radical (unpaired) electrons. The van der Waals surface area contributed by atoms with Crippen LogP contribution >= 0.6 is 0 Å². The van der Waals surface area contributed by atoms with Gasteiger partial charge in [0.1, 0.15) is 0 Å². The third kappa shape index (κ3) is 3.30. The van der Waals surface area contributed by atoms with Gasteiger partial charge >= 0.3 is 0 Å². The summed E-state index contributed by atoms with van der Waals surface area (Å²) in [5.41, 5.74) is 0. The average molecular weight is 181 g/mol. The fourth-order valence-electron chi connectivity index (χ4n) is 2.15. The Labute approximate surface area is 82.3 Å². The predicted molar refractivity (Wildman–Crippen MR) is 56.8 cm³/mol. The highest BCUT2D eigenvalue weighted by Gasteiger charge is 2.32. The smallest absolute Gasteiger partial charge is 0.00954 e. The van der Waals surface area contributed by atoms with Gasteiger partial charge < -0.3 is 5.32 Å². The van der Waals surface area contributed by atoms with Crippen molar-refractivity contribution in [2.45, 2.75) is 57.9 Å². The van der Waals surface area contributed by atoms with Crippen molar-refractivity contribution in [3.05, 3.63) is 0 Å². The van der Waals surface area contributed by atoms with Gasteiger partial charge in [-0.05, 0) is 50.5 Å². The van der Waals surface area contributed by atoms with Gasteiger partial charge in [-0.1, -0.05) is 19.8 Å². The molecule has 13 heavy (non-hydrogen) atoms. The SMILES string of the molecule is CCCNC(CCC1CC1)C1CC1. The van der Waals surface area contributed by atoms with Crippen LogP contribution in [0.3, 0.4) is 0 Å². The Morgan fingerprint density at radius 1 is 1.23 bits per heavy atom. The first kappa shape index (κ1) is 9.51. The standard InChI is InChI=1S/C12H23N/c1-2-9-13-12(11-6-7-11)8-5-10-3-4-10/h10-13H,2-9H2,1H3. The zero-order valence-corrected chi connectivity index (χ0v) is 8.89. The minimum absolute atomic E-state index is 0.876. The van der Waals surface area contributed by atoms with Crippen LogP contribution in [0.25, 0.3) is 0 Å². The summed E-state index contributed by atoms with van der Waals surface area (Å²) in [5, 5.41) is 3.71. The molecule has 0 aromatic rings. The van der Waals surface area contributed by atoms with Gasteiger partial charge in [0, 0.05) is 6.04 Å². The van der Waals surface area contributed by atoms with E-state index in [0.717, 1.165) is 17.9 Å². The molecule has 0 spiro atoms. The summed E-state index contributed by atoms with van der Waals surface area (Å²) in [7, 11) is 0. The highest BCUT2D eigenvalue weighted by Crippen LogP contribution is 2.38. The van der Waals surface area contributed by atoms with Crippen LogP contribution in [0.15, 0.2) is 0 Å². The lowest BCUT2D eigenvalue weighted by atomic mass is 10.0. The molecule has 0 aromatic heterocycles. The second kappa shape index (κ2) is 4.45. The molecule has 0 heterocycles. The van der Waals surface area contributed by atoms with Gasteiger partial charge in [-0.25, -0.2) is 0 Å². The maximum atomic E-state index is 3.71. The van der Waals surface area contributed by atoms with Crippen LogP contribution in [-0.4, -0.2) is 12.6 Å². The average Bonchev–Trinajstić information content (AvgIpc) is 2.99. The van der Waals surface area contributed by atoms with E-state index in [1.54, 1.807) is 0 Å². The van der Waals surface area contributed by atoms with Crippen molar-refractivity contribution in [2.75, 3.05) is 6.54 Å². The van der Waals surface area contributed by atoms with E-state index in [2.05, 4.69) is 12.2 Å². The summed E-state index contributed by atoms with van der Waals surface area (Å²) in [6.07, 6.45) is 10.3. The van der Waals surface area contributed by atoms with Crippen molar-refractivity contribution in [1.82, 2.24) is 5.32 Å². The summed E-state index contributed by atoms with van der Waals surface area (Å²) < 4.78 is 0. The van der Waals surface area contributed by atoms with Crippen LogP contribution in [-0.2, 0) is 0 Å². The molecule has 1 nitrogen and oxygen atoms in total. The Bertz CT molecular complexity index is 147. The summed E-state index contributed by atoms with van der Waals surface area (Å²) >= 11 is 0. The lowest BCUT2D eigenvalue weighted by molar-refractivity contribution is 0.415. The molecule has 2 aliphatic rings. The maximum absolute atomic E-state index is 3.71. The molecule has 2 fully saturated rings. The van der Waals surface area contributed by atoms with Crippen molar-refractivity contribution in [3.63, 3.8) is 0 Å². The highest BCUT2D eigenvalue weighted by atomic mass is 14.9. The summed E-state index contributed by atoms with van der Waals surface area (Å²) in [4.78, 5) is 0. The van der Waals surface area contributed by atoms with Crippen LogP contribution in [0.5, 0.6) is 0 Å². The van der Waals surface area contributed by atoms with Gasteiger partial charge in [0.25, 0.3) is 0 Å². The van der Waals surface area contributed by atoms with E-state index in [4.69, 9.17) is 0 Å². The Hall–Kier alpha value is -0.0400. The Morgan fingerprint density at radius 3 is 2.54 bits per heavy atom. The maximum Gasteiger partial charge on any atom is 0.00954 e. The van der Waals surface area contributed by atoms with Gasteiger partial charge in [-0.3, -0.25) is 0 Å². The van der Waals surface area contributed by atoms with E-state index in [0.29, 0.717) is 0 Å². The Balaban J connectivity index is 1.62. The molecule has 1 unspecified atom stereocenters. The van der Waals surface area contributed by atoms with E-state index in [1.807, 2.05) is 0 Å². The molecule has 76 valence electrons.